The molecule has 2 aromatic rings. The van der Waals surface area contributed by atoms with Gasteiger partial charge in [-0.3, -0.25) is 4.79 Å². The van der Waals surface area contributed by atoms with E-state index in [0.29, 0.717) is 5.70 Å². The van der Waals surface area contributed by atoms with Gasteiger partial charge in [0.1, 0.15) is 5.70 Å². The number of benzene rings is 2. The standard InChI is InChI=1S/C23H27N3O/c1-4-15-25(16-5-2)23-24-21(17-19-9-7-6-8-10-19)22(27)26(23)20-13-11-18(3)12-14-20/h6-14,17H,4-5,15-16H2,1-3H3/b21-17-. The lowest BCUT2D eigenvalue weighted by molar-refractivity contribution is -0.113. The summed E-state index contributed by atoms with van der Waals surface area (Å²) in [4.78, 5) is 22.0. The second-order valence-electron chi connectivity index (χ2n) is 6.82. The number of hydrogen-bond acceptors (Lipinski definition) is 3. The van der Waals surface area contributed by atoms with E-state index in [1.54, 1.807) is 4.90 Å². The number of rotatable bonds is 6. The minimum atomic E-state index is -0.0742. The molecule has 4 nitrogen and oxygen atoms in total. The number of amides is 1. The van der Waals surface area contributed by atoms with E-state index < -0.39 is 0 Å². The van der Waals surface area contributed by atoms with Crippen LogP contribution in [0.2, 0.25) is 0 Å². The van der Waals surface area contributed by atoms with Crippen molar-refractivity contribution >= 4 is 23.6 Å². The number of guanidine groups is 1. The second-order valence-corrected chi connectivity index (χ2v) is 6.82. The van der Waals surface area contributed by atoms with Crippen LogP contribution in [0.25, 0.3) is 6.08 Å². The molecule has 0 aliphatic carbocycles. The van der Waals surface area contributed by atoms with Crippen molar-refractivity contribution in [3.63, 3.8) is 0 Å². The van der Waals surface area contributed by atoms with Crippen LogP contribution in [-0.2, 0) is 4.79 Å². The highest BCUT2D eigenvalue weighted by Crippen LogP contribution is 2.27. The summed E-state index contributed by atoms with van der Waals surface area (Å²) in [6.45, 7) is 8.10. The number of carbonyl (C=O) groups excluding carboxylic acids is 1. The zero-order valence-electron chi connectivity index (χ0n) is 16.4. The maximum absolute atomic E-state index is 13.2. The van der Waals surface area contributed by atoms with Crippen molar-refractivity contribution in [2.75, 3.05) is 18.0 Å². The maximum atomic E-state index is 13.2. The van der Waals surface area contributed by atoms with E-state index in [9.17, 15) is 4.79 Å². The normalized spacial score (nSPS) is 15.4. The zero-order valence-corrected chi connectivity index (χ0v) is 16.4. The minimum absolute atomic E-state index is 0.0742. The van der Waals surface area contributed by atoms with Gasteiger partial charge in [-0.15, -0.1) is 0 Å². The van der Waals surface area contributed by atoms with E-state index in [1.807, 2.05) is 67.6 Å². The Kier molecular flexibility index (Phi) is 6.07. The van der Waals surface area contributed by atoms with Crippen molar-refractivity contribution in [3.8, 4) is 0 Å². The molecular weight excluding hydrogens is 334 g/mol. The van der Waals surface area contributed by atoms with Crippen molar-refractivity contribution < 1.29 is 4.79 Å². The van der Waals surface area contributed by atoms with Crippen LogP contribution in [-0.4, -0.2) is 29.9 Å². The topological polar surface area (TPSA) is 35.9 Å². The second kappa shape index (κ2) is 8.67. The molecule has 1 aliphatic rings. The number of anilines is 1. The summed E-state index contributed by atoms with van der Waals surface area (Å²) >= 11 is 0. The lowest BCUT2D eigenvalue weighted by Crippen LogP contribution is -2.44. The predicted molar refractivity (Wildman–Crippen MR) is 113 cm³/mol. The van der Waals surface area contributed by atoms with E-state index in [1.165, 1.54) is 5.56 Å². The molecule has 0 spiro atoms. The molecule has 0 N–H and O–H groups in total. The first-order valence-corrected chi connectivity index (χ1v) is 9.65. The number of aryl methyl sites for hydroxylation is 1. The Balaban J connectivity index is 2.04. The summed E-state index contributed by atoms with van der Waals surface area (Å²) in [7, 11) is 0. The third-order valence-electron chi connectivity index (χ3n) is 4.51. The Morgan fingerprint density at radius 3 is 2.19 bits per heavy atom. The van der Waals surface area contributed by atoms with Crippen LogP contribution in [0.1, 0.15) is 37.8 Å². The van der Waals surface area contributed by atoms with Gasteiger partial charge in [0.05, 0.1) is 5.69 Å². The van der Waals surface area contributed by atoms with Crippen LogP contribution in [0, 0.1) is 6.92 Å². The minimum Gasteiger partial charge on any atom is -0.342 e. The Hall–Kier alpha value is -2.88. The zero-order chi connectivity index (χ0) is 19.2. The Bertz CT molecular complexity index is 832. The summed E-state index contributed by atoms with van der Waals surface area (Å²) in [5, 5.41) is 0. The highest BCUT2D eigenvalue weighted by molar-refractivity contribution is 6.28. The van der Waals surface area contributed by atoms with Gasteiger partial charge in [-0.05, 0) is 43.5 Å². The summed E-state index contributed by atoms with van der Waals surface area (Å²) in [6, 6.07) is 17.9. The summed E-state index contributed by atoms with van der Waals surface area (Å²) in [5.74, 6) is 0.657. The van der Waals surface area contributed by atoms with Gasteiger partial charge in [0.15, 0.2) is 0 Å². The molecule has 0 bridgehead atoms. The molecule has 0 saturated carbocycles. The largest absolute Gasteiger partial charge is 0.342 e. The predicted octanol–water partition coefficient (Wildman–Crippen LogP) is 4.86. The molecule has 2 aromatic carbocycles. The van der Waals surface area contributed by atoms with Crippen LogP contribution < -0.4 is 4.90 Å². The summed E-state index contributed by atoms with van der Waals surface area (Å²) < 4.78 is 0. The molecule has 3 rings (SSSR count). The molecular formula is C23H27N3O. The van der Waals surface area contributed by atoms with Crippen molar-refractivity contribution in [3.05, 3.63) is 71.4 Å². The van der Waals surface area contributed by atoms with Crippen molar-refractivity contribution in [1.29, 1.82) is 0 Å². The van der Waals surface area contributed by atoms with Gasteiger partial charge < -0.3 is 4.90 Å². The molecule has 0 fully saturated rings. The summed E-state index contributed by atoms with van der Waals surface area (Å²) in [5.41, 5.74) is 3.49. The van der Waals surface area contributed by atoms with Crippen LogP contribution in [0.4, 0.5) is 5.69 Å². The maximum Gasteiger partial charge on any atom is 0.283 e. The molecule has 1 heterocycles. The molecule has 1 aliphatic heterocycles. The number of aliphatic imine (C=N–C) groups is 1. The average Bonchev–Trinajstić information content (AvgIpc) is 2.99. The fraction of sp³-hybridized carbons (Fsp3) is 0.304. The van der Waals surface area contributed by atoms with Gasteiger partial charge in [-0.2, -0.15) is 0 Å². The highest BCUT2D eigenvalue weighted by atomic mass is 16.2. The quantitative estimate of drug-likeness (QED) is 0.689. The van der Waals surface area contributed by atoms with Gasteiger partial charge in [0.25, 0.3) is 5.91 Å². The molecule has 1 amide bonds. The van der Waals surface area contributed by atoms with Gasteiger partial charge in [-0.1, -0.05) is 61.9 Å². The van der Waals surface area contributed by atoms with Crippen LogP contribution in [0.15, 0.2) is 65.3 Å². The molecule has 27 heavy (non-hydrogen) atoms. The van der Waals surface area contributed by atoms with Gasteiger partial charge in [0, 0.05) is 13.1 Å². The van der Waals surface area contributed by atoms with E-state index >= 15 is 0 Å². The lowest BCUT2D eigenvalue weighted by Gasteiger charge is -2.29. The van der Waals surface area contributed by atoms with E-state index in [2.05, 4.69) is 18.7 Å². The van der Waals surface area contributed by atoms with Crippen LogP contribution >= 0.6 is 0 Å². The van der Waals surface area contributed by atoms with Gasteiger partial charge >= 0.3 is 0 Å². The molecule has 4 heteroatoms. The fourth-order valence-electron chi connectivity index (χ4n) is 3.20. The molecule has 0 radical (unpaired) electrons. The third-order valence-corrected chi connectivity index (χ3v) is 4.51. The molecule has 0 aromatic heterocycles. The van der Waals surface area contributed by atoms with E-state index in [0.717, 1.165) is 43.1 Å². The van der Waals surface area contributed by atoms with Crippen LogP contribution in [0.3, 0.4) is 0 Å². The first-order chi connectivity index (χ1) is 13.1. The Labute approximate surface area is 161 Å². The average molecular weight is 361 g/mol. The fourth-order valence-corrected chi connectivity index (χ4v) is 3.20. The number of hydrogen-bond donors (Lipinski definition) is 0. The Morgan fingerprint density at radius 1 is 0.963 bits per heavy atom. The third kappa shape index (κ3) is 4.27. The first kappa shape index (κ1) is 18.9. The van der Waals surface area contributed by atoms with Gasteiger partial charge in [-0.25, -0.2) is 9.89 Å². The smallest absolute Gasteiger partial charge is 0.283 e. The summed E-state index contributed by atoms with van der Waals surface area (Å²) in [6.07, 6.45) is 3.88. The molecule has 0 unspecified atom stereocenters. The van der Waals surface area contributed by atoms with Gasteiger partial charge in [0.2, 0.25) is 5.96 Å². The highest BCUT2D eigenvalue weighted by Gasteiger charge is 2.34. The van der Waals surface area contributed by atoms with Crippen molar-refractivity contribution in [1.82, 2.24) is 4.90 Å². The SMILES string of the molecule is CCCN(CCC)C1=N/C(=C\c2ccccc2)C(=O)N1c1ccc(C)cc1. The van der Waals surface area contributed by atoms with Crippen LogP contribution in [0.5, 0.6) is 0 Å². The Morgan fingerprint density at radius 2 is 1.59 bits per heavy atom. The number of nitrogens with zero attached hydrogens (tertiary/aromatic N) is 3. The van der Waals surface area contributed by atoms with E-state index in [-0.39, 0.29) is 5.91 Å². The van der Waals surface area contributed by atoms with Crippen molar-refractivity contribution in [2.45, 2.75) is 33.6 Å². The van der Waals surface area contributed by atoms with E-state index in [4.69, 9.17) is 4.99 Å². The lowest BCUT2D eigenvalue weighted by atomic mass is 10.2. The molecule has 0 saturated heterocycles. The molecule has 0 atom stereocenters. The first-order valence-electron chi connectivity index (χ1n) is 9.65. The van der Waals surface area contributed by atoms with Crippen molar-refractivity contribution in [2.24, 2.45) is 4.99 Å². The monoisotopic (exact) mass is 361 g/mol. The number of carbonyl (C=O) groups is 1. The molecule has 140 valence electrons.